The lowest BCUT2D eigenvalue weighted by atomic mass is 10.1. The summed E-state index contributed by atoms with van der Waals surface area (Å²) in [4.78, 5) is 27.9. The summed E-state index contributed by atoms with van der Waals surface area (Å²) in [6.07, 6.45) is 2.08. The Morgan fingerprint density at radius 1 is 1.00 bits per heavy atom. The van der Waals surface area contributed by atoms with Crippen molar-refractivity contribution < 1.29 is 19.1 Å². The first-order valence-electron chi connectivity index (χ1n) is 11.6. The van der Waals surface area contributed by atoms with Gasteiger partial charge in [-0.2, -0.15) is 0 Å². The first-order chi connectivity index (χ1) is 16.3. The van der Waals surface area contributed by atoms with Crippen molar-refractivity contribution in [1.29, 1.82) is 0 Å². The second kappa shape index (κ2) is 14.1. The van der Waals surface area contributed by atoms with Crippen molar-refractivity contribution in [3.63, 3.8) is 0 Å². The Morgan fingerprint density at radius 3 is 2.26 bits per heavy atom. The van der Waals surface area contributed by atoms with E-state index in [1.165, 1.54) is 0 Å². The van der Waals surface area contributed by atoms with E-state index in [0.717, 1.165) is 17.7 Å². The molecule has 34 heavy (non-hydrogen) atoms. The molecule has 0 aliphatic rings. The molecule has 0 spiro atoms. The molecule has 8 heteroatoms. The maximum absolute atomic E-state index is 13.3. The molecule has 2 atom stereocenters. The first-order valence-corrected chi connectivity index (χ1v) is 12.3. The molecule has 0 aliphatic heterocycles. The molecule has 1 N–H and O–H groups in total. The van der Waals surface area contributed by atoms with E-state index in [2.05, 4.69) is 5.32 Å². The van der Waals surface area contributed by atoms with Gasteiger partial charge < -0.3 is 19.7 Å². The molecule has 0 unspecified atom stereocenters. The lowest BCUT2D eigenvalue weighted by Gasteiger charge is -2.31. The summed E-state index contributed by atoms with van der Waals surface area (Å²) in [5.74, 6) is 1.19. The maximum atomic E-state index is 13.3. The predicted molar refractivity (Wildman–Crippen MR) is 137 cm³/mol. The molecule has 0 aromatic heterocycles. The van der Waals surface area contributed by atoms with Gasteiger partial charge in [0.2, 0.25) is 11.8 Å². The van der Waals surface area contributed by atoms with Gasteiger partial charge in [-0.3, -0.25) is 9.59 Å². The van der Waals surface area contributed by atoms with Crippen LogP contribution in [-0.4, -0.2) is 42.5 Å². The molecule has 0 fully saturated rings. The summed E-state index contributed by atoms with van der Waals surface area (Å²) in [6.45, 7) is 6.51. The lowest BCUT2D eigenvalue weighted by Crippen LogP contribution is -2.50. The van der Waals surface area contributed by atoms with E-state index in [1.807, 2.05) is 51.1 Å². The molecule has 2 aromatic rings. The normalized spacial score (nSPS) is 12.5. The zero-order chi connectivity index (χ0) is 25.1. The Balaban J connectivity index is 2.08. The maximum Gasteiger partial charge on any atom is 0.243 e. The molecule has 0 radical (unpaired) electrons. The van der Waals surface area contributed by atoms with E-state index < -0.39 is 6.04 Å². The number of carbonyl (C=O) groups is 2. The van der Waals surface area contributed by atoms with E-state index in [0.29, 0.717) is 35.2 Å². The van der Waals surface area contributed by atoms with Crippen molar-refractivity contribution in [2.24, 2.45) is 0 Å². The highest BCUT2D eigenvalue weighted by atomic mass is 35.5. The summed E-state index contributed by atoms with van der Waals surface area (Å²) in [6, 6.07) is 12.0. The van der Waals surface area contributed by atoms with E-state index in [4.69, 9.17) is 32.7 Å². The highest BCUT2D eigenvalue weighted by molar-refractivity contribution is 6.42. The predicted octanol–water partition coefficient (Wildman–Crippen LogP) is 5.88. The summed E-state index contributed by atoms with van der Waals surface area (Å²) >= 11 is 12.2. The van der Waals surface area contributed by atoms with E-state index in [1.54, 1.807) is 24.1 Å². The third kappa shape index (κ3) is 8.41. The number of rotatable bonds is 13. The lowest BCUT2D eigenvalue weighted by molar-refractivity contribution is -0.141. The second-order valence-corrected chi connectivity index (χ2v) is 8.95. The van der Waals surface area contributed by atoms with Crippen molar-refractivity contribution in [3.8, 4) is 11.5 Å². The number of nitrogens with one attached hydrogen (secondary N) is 1. The van der Waals surface area contributed by atoms with Gasteiger partial charge in [-0.1, -0.05) is 43.1 Å². The highest BCUT2D eigenvalue weighted by Gasteiger charge is 2.29. The molecule has 6 nitrogen and oxygen atoms in total. The van der Waals surface area contributed by atoms with Crippen LogP contribution in [0.4, 0.5) is 0 Å². The second-order valence-electron chi connectivity index (χ2n) is 8.14. The molecule has 0 aliphatic carbocycles. The standard InChI is InChI=1S/C26H34Cl2N2O4/c1-5-18(3)29-26(32)24(6-2)30(17-19-9-14-22(27)23(28)16-19)25(31)8-7-15-34-21-12-10-20(33-4)11-13-21/h9-14,16,18,24H,5-8,15,17H2,1-4H3,(H,29,32)/t18-,24-/m0/s1. The van der Waals surface area contributed by atoms with Crippen molar-refractivity contribution >= 4 is 35.0 Å². The summed E-state index contributed by atoms with van der Waals surface area (Å²) in [5.41, 5.74) is 0.812. The Hall–Kier alpha value is -2.44. The fraction of sp³-hybridized carbons (Fsp3) is 0.462. The van der Waals surface area contributed by atoms with Crippen LogP contribution in [0.2, 0.25) is 10.0 Å². The summed E-state index contributed by atoms with van der Waals surface area (Å²) in [7, 11) is 1.61. The van der Waals surface area contributed by atoms with Crippen LogP contribution in [0.15, 0.2) is 42.5 Å². The molecule has 2 amide bonds. The van der Waals surface area contributed by atoms with E-state index in [9.17, 15) is 9.59 Å². The first kappa shape index (κ1) is 27.8. The van der Waals surface area contributed by atoms with Gasteiger partial charge in [0.25, 0.3) is 0 Å². The minimum atomic E-state index is -0.585. The number of carbonyl (C=O) groups excluding carboxylic acids is 2. The fourth-order valence-corrected chi connectivity index (χ4v) is 3.74. The van der Waals surface area contributed by atoms with Gasteiger partial charge in [-0.05, 0) is 68.1 Å². The Bertz CT molecular complexity index is 937. The number of hydrogen-bond acceptors (Lipinski definition) is 4. The number of methoxy groups -OCH3 is 1. The highest BCUT2D eigenvalue weighted by Crippen LogP contribution is 2.24. The van der Waals surface area contributed by atoms with Crippen molar-refractivity contribution in [2.45, 2.75) is 65.1 Å². The molecule has 0 saturated heterocycles. The Morgan fingerprint density at radius 2 is 1.68 bits per heavy atom. The zero-order valence-corrected chi connectivity index (χ0v) is 21.8. The molecule has 0 heterocycles. The molecule has 0 saturated carbocycles. The minimum absolute atomic E-state index is 0.0291. The van der Waals surface area contributed by atoms with Crippen molar-refractivity contribution in [3.05, 3.63) is 58.1 Å². The van der Waals surface area contributed by atoms with E-state index >= 15 is 0 Å². The van der Waals surface area contributed by atoms with Gasteiger partial charge in [-0.15, -0.1) is 0 Å². The third-order valence-electron chi connectivity index (χ3n) is 5.59. The topological polar surface area (TPSA) is 67.9 Å². The molecular weight excluding hydrogens is 475 g/mol. The average Bonchev–Trinajstić information content (AvgIpc) is 2.84. The summed E-state index contributed by atoms with van der Waals surface area (Å²) < 4.78 is 10.9. The van der Waals surface area contributed by atoms with Crippen LogP contribution in [0.3, 0.4) is 0 Å². The van der Waals surface area contributed by atoms with Crippen LogP contribution < -0.4 is 14.8 Å². The third-order valence-corrected chi connectivity index (χ3v) is 6.33. The number of hydrogen-bond donors (Lipinski definition) is 1. The van der Waals surface area contributed by atoms with Crippen LogP contribution in [0.25, 0.3) is 0 Å². The van der Waals surface area contributed by atoms with Crippen LogP contribution in [-0.2, 0) is 16.1 Å². The number of halogens is 2. The van der Waals surface area contributed by atoms with Gasteiger partial charge in [0.05, 0.1) is 23.8 Å². The Kier molecular flexibility index (Phi) is 11.5. The average molecular weight is 509 g/mol. The number of nitrogens with zero attached hydrogens (tertiary/aromatic N) is 1. The largest absolute Gasteiger partial charge is 0.497 e. The molecule has 0 bridgehead atoms. The smallest absolute Gasteiger partial charge is 0.243 e. The molecular formula is C26H34Cl2N2O4. The monoisotopic (exact) mass is 508 g/mol. The van der Waals surface area contributed by atoms with Gasteiger partial charge in [-0.25, -0.2) is 0 Å². The van der Waals surface area contributed by atoms with Crippen LogP contribution in [0, 0.1) is 0 Å². The van der Waals surface area contributed by atoms with Crippen LogP contribution in [0.5, 0.6) is 11.5 Å². The van der Waals surface area contributed by atoms with Crippen molar-refractivity contribution in [1.82, 2.24) is 10.2 Å². The fourth-order valence-electron chi connectivity index (χ4n) is 3.42. The Labute approximate surface area is 212 Å². The quantitative estimate of drug-likeness (QED) is 0.343. The van der Waals surface area contributed by atoms with Gasteiger partial charge in [0.15, 0.2) is 0 Å². The molecule has 2 aromatic carbocycles. The SMILES string of the molecule is CC[C@H](C)NC(=O)[C@H](CC)N(Cc1ccc(Cl)c(Cl)c1)C(=O)CCCOc1ccc(OC)cc1. The van der Waals surface area contributed by atoms with Crippen LogP contribution in [0.1, 0.15) is 52.0 Å². The molecule has 2 rings (SSSR count). The van der Waals surface area contributed by atoms with Crippen LogP contribution >= 0.6 is 23.2 Å². The van der Waals surface area contributed by atoms with Gasteiger partial charge in [0.1, 0.15) is 17.5 Å². The summed E-state index contributed by atoms with van der Waals surface area (Å²) in [5, 5.41) is 3.86. The zero-order valence-electron chi connectivity index (χ0n) is 20.3. The number of benzene rings is 2. The van der Waals surface area contributed by atoms with Crippen molar-refractivity contribution in [2.75, 3.05) is 13.7 Å². The number of amides is 2. The van der Waals surface area contributed by atoms with E-state index in [-0.39, 0.29) is 30.8 Å². The van der Waals surface area contributed by atoms with Gasteiger partial charge >= 0.3 is 0 Å². The molecule has 186 valence electrons. The minimum Gasteiger partial charge on any atom is -0.497 e. The number of ether oxygens (including phenoxy) is 2. The van der Waals surface area contributed by atoms with Gasteiger partial charge in [0, 0.05) is 19.0 Å².